The highest BCUT2D eigenvalue weighted by atomic mass is 32.2. The minimum atomic E-state index is -4.26. The van der Waals surface area contributed by atoms with Gasteiger partial charge in [0.1, 0.15) is 11.1 Å². The SMILES string of the molecule is N#Cc1nc(-c2ccccc2)oc1S(=O)(=O)N1CCN(S(=O)(=O)c2nc(-c3ccccc3)sc2-c2ccccc2)CC1. The smallest absolute Gasteiger partial charge is 0.279 e. The van der Waals surface area contributed by atoms with Gasteiger partial charge < -0.3 is 4.42 Å². The molecule has 3 aromatic carbocycles. The summed E-state index contributed by atoms with van der Waals surface area (Å²) >= 11 is 1.29. The molecule has 0 amide bonds. The Morgan fingerprint density at radius 1 is 0.690 bits per heavy atom. The van der Waals surface area contributed by atoms with Crippen molar-refractivity contribution in [3.05, 3.63) is 96.7 Å². The van der Waals surface area contributed by atoms with E-state index in [1.165, 1.54) is 15.6 Å². The molecule has 1 fully saturated rings. The van der Waals surface area contributed by atoms with Gasteiger partial charge in [-0.2, -0.15) is 18.9 Å². The Bertz CT molecular complexity index is 1980. The number of oxazole rings is 1. The molecule has 3 heterocycles. The minimum absolute atomic E-state index is 0.0122. The van der Waals surface area contributed by atoms with E-state index in [2.05, 4.69) is 9.97 Å². The second-order valence-corrected chi connectivity index (χ2v) is 14.0. The van der Waals surface area contributed by atoms with Crippen molar-refractivity contribution in [2.24, 2.45) is 0 Å². The van der Waals surface area contributed by atoms with Gasteiger partial charge in [-0.05, 0) is 17.7 Å². The van der Waals surface area contributed by atoms with E-state index >= 15 is 0 Å². The van der Waals surface area contributed by atoms with Crippen LogP contribution in [0.25, 0.3) is 32.5 Å². The van der Waals surface area contributed by atoms with Crippen LogP contribution >= 0.6 is 11.3 Å². The lowest BCUT2D eigenvalue weighted by molar-refractivity contribution is 0.267. The van der Waals surface area contributed by atoms with Crippen molar-refractivity contribution < 1.29 is 21.3 Å². The number of nitriles is 1. The zero-order valence-electron chi connectivity index (χ0n) is 22.0. The normalized spacial score (nSPS) is 14.9. The summed E-state index contributed by atoms with van der Waals surface area (Å²) in [4.78, 5) is 9.16. The fourth-order valence-corrected chi connectivity index (χ4v) is 8.92. The van der Waals surface area contributed by atoms with Crippen molar-refractivity contribution >= 4 is 31.4 Å². The molecular formula is C29H23N5O5S3. The number of hydrogen-bond acceptors (Lipinski definition) is 9. The standard InChI is InChI=1S/C29H23N5O5S3/c30-20-24-29(39-26(31-24)22-12-6-2-7-13-22)42(37,38)34-18-16-33(17-19-34)41(35,36)28-25(21-10-4-1-5-11-21)40-27(32-28)23-14-8-3-9-15-23/h1-15H,16-19H2. The van der Waals surface area contributed by atoms with E-state index in [1.54, 1.807) is 36.4 Å². The first-order valence-corrected chi connectivity index (χ1v) is 16.6. The summed E-state index contributed by atoms with van der Waals surface area (Å²) < 4.78 is 62.8. The Labute approximate surface area is 247 Å². The predicted octanol–water partition coefficient (Wildman–Crippen LogP) is 4.70. The second-order valence-electron chi connectivity index (χ2n) is 9.33. The lowest BCUT2D eigenvalue weighted by Gasteiger charge is -2.32. The molecule has 0 unspecified atom stereocenters. The third-order valence-corrected chi connectivity index (χ3v) is 11.6. The van der Waals surface area contributed by atoms with Gasteiger partial charge in [-0.15, -0.1) is 11.3 Å². The second kappa shape index (κ2) is 11.2. The van der Waals surface area contributed by atoms with Gasteiger partial charge in [-0.1, -0.05) is 78.9 Å². The Morgan fingerprint density at radius 3 is 1.74 bits per heavy atom. The van der Waals surface area contributed by atoms with Gasteiger partial charge in [0.05, 0.1) is 4.88 Å². The minimum Gasteiger partial charge on any atom is -0.422 e. The molecule has 0 radical (unpaired) electrons. The molecule has 6 rings (SSSR count). The molecule has 0 spiro atoms. The first-order chi connectivity index (χ1) is 20.3. The van der Waals surface area contributed by atoms with Crippen molar-refractivity contribution in [3.63, 3.8) is 0 Å². The molecule has 42 heavy (non-hydrogen) atoms. The van der Waals surface area contributed by atoms with Crippen molar-refractivity contribution in [1.29, 1.82) is 5.26 Å². The quantitative estimate of drug-likeness (QED) is 0.256. The van der Waals surface area contributed by atoms with Crippen LogP contribution in [0.5, 0.6) is 0 Å². The molecule has 0 N–H and O–H groups in total. The molecule has 2 aromatic heterocycles. The Morgan fingerprint density at radius 2 is 1.19 bits per heavy atom. The zero-order chi connectivity index (χ0) is 29.3. The van der Waals surface area contributed by atoms with Crippen LogP contribution in [0.4, 0.5) is 0 Å². The van der Waals surface area contributed by atoms with Crippen molar-refractivity contribution in [2.75, 3.05) is 26.2 Å². The Hall–Kier alpha value is -4.19. The predicted molar refractivity (Wildman–Crippen MR) is 157 cm³/mol. The van der Waals surface area contributed by atoms with Gasteiger partial charge in [0.25, 0.3) is 25.1 Å². The first-order valence-electron chi connectivity index (χ1n) is 12.9. The number of thiazole rings is 1. The average Bonchev–Trinajstić information content (AvgIpc) is 3.69. The van der Waals surface area contributed by atoms with Crippen LogP contribution < -0.4 is 0 Å². The van der Waals surface area contributed by atoms with Crippen molar-refractivity contribution in [1.82, 2.24) is 18.6 Å². The number of nitrogens with zero attached hydrogens (tertiary/aromatic N) is 5. The van der Waals surface area contributed by atoms with Crippen molar-refractivity contribution in [2.45, 2.75) is 10.1 Å². The lowest BCUT2D eigenvalue weighted by Crippen LogP contribution is -2.50. The maximum Gasteiger partial charge on any atom is 0.279 e. The molecule has 0 atom stereocenters. The number of benzene rings is 3. The highest BCUT2D eigenvalue weighted by Gasteiger charge is 2.39. The highest BCUT2D eigenvalue weighted by molar-refractivity contribution is 7.89. The topological polar surface area (TPSA) is 137 Å². The number of sulfonamides is 2. The van der Waals surface area contributed by atoms with Crippen LogP contribution in [0, 0.1) is 11.3 Å². The van der Waals surface area contributed by atoms with Crippen LogP contribution in [0.3, 0.4) is 0 Å². The molecule has 0 aliphatic carbocycles. The van der Waals surface area contributed by atoms with Gasteiger partial charge >= 0.3 is 0 Å². The van der Waals surface area contributed by atoms with Crippen LogP contribution in [0.2, 0.25) is 0 Å². The molecule has 13 heteroatoms. The van der Waals surface area contributed by atoms with E-state index in [1.807, 2.05) is 60.7 Å². The maximum atomic E-state index is 13.9. The number of rotatable bonds is 7. The Balaban J connectivity index is 1.28. The van der Waals surface area contributed by atoms with Crippen LogP contribution in [-0.2, 0) is 20.0 Å². The maximum absolute atomic E-state index is 13.9. The van der Waals surface area contributed by atoms with E-state index in [0.717, 1.165) is 15.4 Å². The van der Waals surface area contributed by atoms with Gasteiger partial charge in [0, 0.05) is 37.3 Å². The molecule has 0 saturated carbocycles. The molecule has 1 aliphatic rings. The van der Waals surface area contributed by atoms with Gasteiger partial charge in [0.15, 0.2) is 10.7 Å². The highest BCUT2D eigenvalue weighted by Crippen LogP contribution is 2.39. The summed E-state index contributed by atoms with van der Waals surface area (Å²) in [6, 6.07) is 29.0. The van der Waals surface area contributed by atoms with Gasteiger partial charge in [0.2, 0.25) is 5.89 Å². The summed E-state index contributed by atoms with van der Waals surface area (Å²) in [5.74, 6) is 0.0122. The summed E-state index contributed by atoms with van der Waals surface area (Å²) in [6.07, 6.45) is 0. The molecule has 212 valence electrons. The van der Waals surface area contributed by atoms with E-state index in [4.69, 9.17) is 4.42 Å². The van der Waals surface area contributed by atoms with E-state index in [-0.39, 0.29) is 42.8 Å². The summed E-state index contributed by atoms with van der Waals surface area (Å²) in [5, 5.41) is 9.51. The molecule has 1 saturated heterocycles. The van der Waals surface area contributed by atoms with E-state index < -0.39 is 25.1 Å². The van der Waals surface area contributed by atoms with Crippen LogP contribution in [0.1, 0.15) is 5.69 Å². The summed E-state index contributed by atoms with van der Waals surface area (Å²) in [7, 11) is -8.35. The molecule has 0 bridgehead atoms. The van der Waals surface area contributed by atoms with Crippen molar-refractivity contribution in [3.8, 4) is 38.5 Å². The number of aromatic nitrogens is 2. The lowest BCUT2D eigenvalue weighted by atomic mass is 10.2. The average molecular weight is 618 g/mol. The fraction of sp³-hybridized carbons (Fsp3) is 0.138. The molecular weight excluding hydrogens is 595 g/mol. The third kappa shape index (κ3) is 5.15. The molecule has 10 nitrogen and oxygen atoms in total. The van der Waals surface area contributed by atoms with Crippen LogP contribution in [0.15, 0.2) is 106 Å². The molecule has 5 aromatic rings. The largest absolute Gasteiger partial charge is 0.422 e. The van der Waals surface area contributed by atoms with E-state index in [9.17, 15) is 22.1 Å². The van der Waals surface area contributed by atoms with E-state index in [0.29, 0.717) is 15.4 Å². The Kier molecular flexibility index (Phi) is 7.48. The monoisotopic (exact) mass is 617 g/mol. The van der Waals surface area contributed by atoms with Gasteiger partial charge in [-0.25, -0.2) is 21.8 Å². The fourth-order valence-electron chi connectivity index (χ4n) is 4.60. The molecule has 1 aliphatic heterocycles. The first kappa shape index (κ1) is 28.0. The summed E-state index contributed by atoms with van der Waals surface area (Å²) in [6.45, 7) is -0.473. The third-order valence-electron chi connectivity index (χ3n) is 6.73. The summed E-state index contributed by atoms with van der Waals surface area (Å²) in [5.41, 5.74) is 1.69. The van der Waals surface area contributed by atoms with Crippen LogP contribution in [-0.4, -0.2) is 61.6 Å². The number of hydrogen-bond donors (Lipinski definition) is 0. The van der Waals surface area contributed by atoms with Gasteiger partial charge in [-0.3, -0.25) is 0 Å². The zero-order valence-corrected chi connectivity index (χ0v) is 24.4. The number of piperazine rings is 1.